The molecule has 1 aromatic carbocycles. The summed E-state index contributed by atoms with van der Waals surface area (Å²) in [5.74, 6) is 2.27. The highest BCUT2D eigenvalue weighted by molar-refractivity contribution is 14.0. The standard InChI is InChI=1S/C22H36N4O3.HI/c1-4-14-24-20(27)13-15-25-22(23-5-2)26-16-17-9-8-12-19(28-3)21(17)29-18-10-6-7-11-18;/h8-9,12,18H,4-7,10-11,13-16H2,1-3H3,(H,24,27)(H2,23,25,26);1H. The van der Waals surface area contributed by atoms with Gasteiger partial charge in [0.1, 0.15) is 0 Å². The molecule has 0 unspecified atom stereocenters. The Balaban J connectivity index is 0.00000450. The molecule has 0 heterocycles. The number of benzene rings is 1. The lowest BCUT2D eigenvalue weighted by atomic mass is 10.1. The van der Waals surface area contributed by atoms with Crippen LogP contribution in [-0.2, 0) is 11.3 Å². The first-order valence-corrected chi connectivity index (χ1v) is 10.8. The lowest BCUT2D eigenvalue weighted by molar-refractivity contribution is -0.120. The largest absolute Gasteiger partial charge is 0.493 e. The number of nitrogens with one attached hydrogen (secondary N) is 3. The van der Waals surface area contributed by atoms with E-state index in [-0.39, 0.29) is 36.0 Å². The predicted molar refractivity (Wildman–Crippen MR) is 132 cm³/mol. The molecule has 0 aromatic heterocycles. The number of guanidine groups is 1. The second kappa shape index (κ2) is 15.1. The van der Waals surface area contributed by atoms with Crippen molar-refractivity contribution in [3.05, 3.63) is 23.8 Å². The van der Waals surface area contributed by atoms with E-state index >= 15 is 0 Å². The van der Waals surface area contributed by atoms with Crippen molar-refractivity contribution in [2.75, 3.05) is 26.7 Å². The number of para-hydroxylation sites is 1. The zero-order valence-corrected chi connectivity index (χ0v) is 20.8. The summed E-state index contributed by atoms with van der Waals surface area (Å²) in [5.41, 5.74) is 0.995. The van der Waals surface area contributed by atoms with Crippen LogP contribution in [0.3, 0.4) is 0 Å². The van der Waals surface area contributed by atoms with Crippen molar-refractivity contribution in [3.63, 3.8) is 0 Å². The van der Waals surface area contributed by atoms with Crippen molar-refractivity contribution >= 4 is 35.8 Å². The monoisotopic (exact) mass is 532 g/mol. The minimum atomic E-state index is 0. The number of aliphatic imine (C=N–C) groups is 1. The average Bonchev–Trinajstić information content (AvgIpc) is 3.24. The highest BCUT2D eigenvalue weighted by Crippen LogP contribution is 2.35. The zero-order valence-electron chi connectivity index (χ0n) is 18.5. The third-order valence-electron chi connectivity index (χ3n) is 4.84. The van der Waals surface area contributed by atoms with E-state index in [1.165, 1.54) is 12.8 Å². The van der Waals surface area contributed by atoms with Crippen LogP contribution in [0.25, 0.3) is 0 Å². The molecule has 0 saturated heterocycles. The molecule has 30 heavy (non-hydrogen) atoms. The van der Waals surface area contributed by atoms with Gasteiger partial charge in [0.2, 0.25) is 5.91 Å². The van der Waals surface area contributed by atoms with E-state index in [4.69, 9.17) is 9.47 Å². The third-order valence-corrected chi connectivity index (χ3v) is 4.84. The van der Waals surface area contributed by atoms with Crippen LogP contribution in [0.4, 0.5) is 0 Å². The Bertz CT molecular complexity index is 664. The van der Waals surface area contributed by atoms with Gasteiger partial charge < -0.3 is 25.4 Å². The highest BCUT2D eigenvalue weighted by Gasteiger charge is 2.20. The summed E-state index contributed by atoms with van der Waals surface area (Å²) in [7, 11) is 1.67. The number of carbonyl (C=O) groups is 1. The summed E-state index contributed by atoms with van der Waals surface area (Å²) in [6.45, 7) is 6.52. The molecule has 0 radical (unpaired) electrons. The molecule has 1 aromatic rings. The van der Waals surface area contributed by atoms with Gasteiger partial charge in [-0.1, -0.05) is 19.1 Å². The summed E-state index contributed by atoms with van der Waals surface area (Å²) in [6.07, 6.45) is 6.22. The molecule has 8 heteroatoms. The van der Waals surface area contributed by atoms with Crippen LogP contribution in [0.1, 0.15) is 57.9 Å². The molecule has 7 nitrogen and oxygen atoms in total. The fourth-order valence-corrected chi connectivity index (χ4v) is 3.31. The molecule has 3 N–H and O–H groups in total. The smallest absolute Gasteiger partial charge is 0.221 e. The lowest BCUT2D eigenvalue weighted by Crippen LogP contribution is -2.39. The van der Waals surface area contributed by atoms with Crippen LogP contribution in [0.5, 0.6) is 11.5 Å². The molecule has 1 fully saturated rings. The summed E-state index contributed by atoms with van der Waals surface area (Å²) < 4.78 is 11.8. The number of halogens is 1. The molecular formula is C22H37IN4O3. The van der Waals surface area contributed by atoms with E-state index in [2.05, 4.69) is 20.9 Å². The Morgan fingerprint density at radius 3 is 2.57 bits per heavy atom. The minimum absolute atomic E-state index is 0. The fraction of sp³-hybridized carbons (Fsp3) is 0.636. The Labute approximate surface area is 197 Å². The van der Waals surface area contributed by atoms with E-state index in [9.17, 15) is 4.79 Å². The summed E-state index contributed by atoms with van der Waals surface area (Å²) in [4.78, 5) is 16.4. The minimum Gasteiger partial charge on any atom is -0.493 e. The molecule has 1 amide bonds. The maximum atomic E-state index is 11.8. The fourth-order valence-electron chi connectivity index (χ4n) is 3.31. The van der Waals surface area contributed by atoms with Gasteiger partial charge in [-0.25, -0.2) is 4.99 Å². The van der Waals surface area contributed by atoms with E-state index in [0.717, 1.165) is 42.9 Å². The van der Waals surface area contributed by atoms with Crippen molar-refractivity contribution in [3.8, 4) is 11.5 Å². The molecule has 2 rings (SSSR count). The second-order valence-electron chi connectivity index (χ2n) is 7.19. The van der Waals surface area contributed by atoms with Crippen LogP contribution >= 0.6 is 24.0 Å². The zero-order chi connectivity index (χ0) is 20.9. The van der Waals surface area contributed by atoms with Gasteiger partial charge in [0.15, 0.2) is 17.5 Å². The molecule has 0 bridgehead atoms. The van der Waals surface area contributed by atoms with Gasteiger partial charge in [0.25, 0.3) is 0 Å². The number of carbonyl (C=O) groups excluding carboxylic acids is 1. The molecule has 0 aliphatic heterocycles. The number of amides is 1. The number of rotatable bonds is 11. The van der Waals surface area contributed by atoms with E-state index in [1.807, 2.05) is 32.0 Å². The Morgan fingerprint density at radius 1 is 1.13 bits per heavy atom. The molecular weight excluding hydrogens is 495 g/mol. The topological polar surface area (TPSA) is 84.0 Å². The van der Waals surface area contributed by atoms with Gasteiger partial charge in [-0.15, -0.1) is 24.0 Å². The third kappa shape index (κ3) is 8.97. The van der Waals surface area contributed by atoms with Gasteiger partial charge >= 0.3 is 0 Å². The Kier molecular flexibility index (Phi) is 13.3. The maximum absolute atomic E-state index is 11.8. The number of ether oxygens (including phenoxy) is 2. The normalized spacial score (nSPS) is 14.0. The van der Waals surface area contributed by atoms with Gasteiger partial charge in [-0.3, -0.25) is 4.79 Å². The second-order valence-corrected chi connectivity index (χ2v) is 7.19. The quantitative estimate of drug-likeness (QED) is 0.231. The van der Waals surface area contributed by atoms with Crippen molar-refractivity contribution in [2.45, 2.75) is 65.0 Å². The van der Waals surface area contributed by atoms with Crippen molar-refractivity contribution < 1.29 is 14.3 Å². The number of nitrogens with zero attached hydrogens (tertiary/aromatic N) is 1. The molecule has 1 aliphatic rings. The molecule has 170 valence electrons. The van der Waals surface area contributed by atoms with Crippen LogP contribution in [0.2, 0.25) is 0 Å². The van der Waals surface area contributed by atoms with Gasteiger partial charge in [-0.05, 0) is 45.1 Å². The first-order chi connectivity index (χ1) is 14.2. The van der Waals surface area contributed by atoms with Crippen molar-refractivity contribution in [1.29, 1.82) is 0 Å². The van der Waals surface area contributed by atoms with Crippen molar-refractivity contribution in [2.24, 2.45) is 4.99 Å². The Hall–Kier alpha value is -1.71. The van der Waals surface area contributed by atoms with Gasteiger partial charge in [-0.2, -0.15) is 0 Å². The number of hydrogen-bond acceptors (Lipinski definition) is 4. The summed E-state index contributed by atoms with van der Waals surface area (Å²) in [5, 5.41) is 9.33. The summed E-state index contributed by atoms with van der Waals surface area (Å²) in [6, 6.07) is 5.91. The van der Waals surface area contributed by atoms with Gasteiger partial charge in [0.05, 0.1) is 19.8 Å². The average molecular weight is 532 g/mol. The molecule has 0 atom stereocenters. The van der Waals surface area contributed by atoms with Crippen LogP contribution in [-0.4, -0.2) is 44.7 Å². The number of hydrogen-bond donors (Lipinski definition) is 3. The van der Waals surface area contributed by atoms with Gasteiger partial charge in [0, 0.05) is 31.6 Å². The van der Waals surface area contributed by atoms with Crippen LogP contribution < -0.4 is 25.4 Å². The van der Waals surface area contributed by atoms with E-state index < -0.39 is 0 Å². The number of methoxy groups -OCH3 is 1. The lowest BCUT2D eigenvalue weighted by Gasteiger charge is -2.19. The van der Waals surface area contributed by atoms with Crippen molar-refractivity contribution in [1.82, 2.24) is 16.0 Å². The summed E-state index contributed by atoms with van der Waals surface area (Å²) >= 11 is 0. The first-order valence-electron chi connectivity index (χ1n) is 10.8. The molecule has 0 spiro atoms. The van der Waals surface area contributed by atoms with E-state index in [1.54, 1.807) is 7.11 Å². The highest BCUT2D eigenvalue weighted by atomic mass is 127. The van der Waals surface area contributed by atoms with Crippen LogP contribution in [0, 0.1) is 0 Å². The molecule has 1 saturated carbocycles. The van der Waals surface area contributed by atoms with E-state index in [0.29, 0.717) is 32.0 Å². The molecule has 1 aliphatic carbocycles. The first kappa shape index (κ1) is 26.3. The predicted octanol–water partition coefficient (Wildman–Crippen LogP) is 3.61. The Morgan fingerprint density at radius 2 is 1.90 bits per heavy atom. The maximum Gasteiger partial charge on any atom is 0.221 e. The van der Waals surface area contributed by atoms with Crippen LogP contribution in [0.15, 0.2) is 23.2 Å². The SMILES string of the molecule is CCCNC(=O)CCNC(=NCc1cccc(OC)c1OC1CCCC1)NCC.I.